The molecule has 8 rings (SSSR count). The van der Waals surface area contributed by atoms with E-state index in [1.165, 1.54) is 37.7 Å². The molecular weight excluding hydrogens is 489 g/mol. The monoisotopic (exact) mass is 527 g/mol. The number of ether oxygens (including phenoxy) is 1. The third kappa shape index (κ3) is 4.02. The van der Waals surface area contributed by atoms with Crippen molar-refractivity contribution < 1.29 is 9.13 Å². The first kappa shape index (κ1) is 24.0. The Morgan fingerprint density at radius 3 is 2.51 bits per heavy atom. The Morgan fingerprint density at radius 2 is 1.77 bits per heavy atom. The van der Waals surface area contributed by atoms with E-state index in [1.54, 1.807) is 0 Å². The molecule has 204 valence electrons. The topological polar surface area (TPSA) is 54.4 Å². The summed E-state index contributed by atoms with van der Waals surface area (Å²) < 4.78 is 22.9. The molecule has 0 spiro atoms. The van der Waals surface area contributed by atoms with Crippen molar-refractivity contribution in [3.63, 3.8) is 0 Å². The minimum Gasteiger partial charge on any atom is -0.461 e. The average Bonchev–Trinajstić information content (AvgIpc) is 3.22. The van der Waals surface area contributed by atoms with Gasteiger partial charge in [-0.15, -0.1) is 0 Å². The van der Waals surface area contributed by atoms with Crippen LogP contribution in [0.15, 0.2) is 30.5 Å². The highest BCUT2D eigenvalue weighted by molar-refractivity contribution is 5.92. The summed E-state index contributed by atoms with van der Waals surface area (Å²) in [5.74, 6) is 2.91. The van der Waals surface area contributed by atoms with Gasteiger partial charge < -0.3 is 9.64 Å². The van der Waals surface area contributed by atoms with Gasteiger partial charge in [0.15, 0.2) is 5.82 Å². The van der Waals surface area contributed by atoms with E-state index in [-0.39, 0.29) is 11.4 Å². The van der Waals surface area contributed by atoms with Crippen molar-refractivity contribution in [2.75, 3.05) is 37.7 Å². The van der Waals surface area contributed by atoms with Crippen molar-refractivity contribution in [3.05, 3.63) is 41.8 Å². The highest BCUT2D eigenvalue weighted by Gasteiger charge is 2.45. The van der Waals surface area contributed by atoms with Gasteiger partial charge >= 0.3 is 6.01 Å². The third-order valence-corrected chi connectivity index (χ3v) is 10.6. The smallest absolute Gasteiger partial charge is 0.319 e. The van der Waals surface area contributed by atoms with Gasteiger partial charge in [-0.2, -0.15) is 9.97 Å². The number of anilines is 1. The van der Waals surface area contributed by atoms with Gasteiger partial charge in [0.1, 0.15) is 23.6 Å². The van der Waals surface area contributed by atoms with Crippen LogP contribution in [0.1, 0.15) is 69.8 Å². The predicted molar refractivity (Wildman–Crippen MR) is 151 cm³/mol. The first-order valence-corrected chi connectivity index (χ1v) is 15.2. The lowest BCUT2D eigenvalue weighted by Crippen LogP contribution is -2.43. The molecule has 6 nitrogen and oxygen atoms in total. The Hall–Kier alpha value is -2.80. The first-order chi connectivity index (χ1) is 19.1. The molecular formula is C32H38FN5O. The molecule has 0 radical (unpaired) electrons. The van der Waals surface area contributed by atoms with E-state index in [1.807, 2.05) is 18.3 Å². The molecule has 7 heteroatoms. The molecule has 2 aromatic heterocycles. The summed E-state index contributed by atoms with van der Waals surface area (Å²) in [6, 6.07) is 8.48. The maximum absolute atomic E-state index is 16.5. The van der Waals surface area contributed by atoms with E-state index in [0.717, 1.165) is 56.8 Å². The molecule has 4 atom stereocenters. The molecule has 0 amide bonds. The van der Waals surface area contributed by atoms with Crippen molar-refractivity contribution in [1.82, 2.24) is 19.9 Å². The number of rotatable bonds is 6. The molecule has 2 bridgehead atoms. The van der Waals surface area contributed by atoms with Gasteiger partial charge in [0.2, 0.25) is 0 Å². The van der Waals surface area contributed by atoms with Gasteiger partial charge in [-0.05, 0) is 93.7 Å². The lowest BCUT2D eigenvalue weighted by molar-refractivity contribution is 0.108. The summed E-state index contributed by atoms with van der Waals surface area (Å²) in [7, 11) is 0. The molecule has 39 heavy (non-hydrogen) atoms. The summed E-state index contributed by atoms with van der Waals surface area (Å²) in [4.78, 5) is 19.4. The minimum absolute atomic E-state index is 0.0879. The number of hydrogen-bond acceptors (Lipinski definition) is 6. The fourth-order valence-corrected chi connectivity index (χ4v) is 8.35. The van der Waals surface area contributed by atoms with Gasteiger partial charge in [-0.3, -0.25) is 9.88 Å². The van der Waals surface area contributed by atoms with Crippen molar-refractivity contribution in [1.29, 1.82) is 0 Å². The van der Waals surface area contributed by atoms with Crippen LogP contribution in [0.25, 0.3) is 22.2 Å². The summed E-state index contributed by atoms with van der Waals surface area (Å²) in [6.07, 6.45) is 11.5. The van der Waals surface area contributed by atoms with Gasteiger partial charge in [0, 0.05) is 24.8 Å². The maximum atomic E-state index is 16.5. The Morgan fingerprint density at radius 1 is 1.03 bits per heavy atom. The second kappa shape index (κ2) is 9.12. The van der Waals surface area contributed by atoms with E-state index in [2.05, 4.69) is 28.9 Å². The zero-order valence-corrected chi connectivity index (χ0v) is 22.9. The van der Waals surface area contributed by atoms with Crippen LogP contribution < -0.4 is 9.64 Å². The van der Waals surface area contributed by atoms with E-state index in [9.17, 15) is 0 Å². The Labute approximate surface area is 230 Å². The highest BCUT2D eigenvalue weighted by Crippen LogP contribution is 2.50. The van der Waals surface area contributed by atoms with Gasteiger partial charge in [0.25, 0.3) is 0 Å². The number of fused-ring (bicyclic) bond motifs is 4. The zero-order valence-electron chi connectivity index (χ0n) is 22.9. The Balaban J connectivity index is 1.22. The molecule has 2 saturated carbocycles. The molecule has 2 unspecified atom stereocenters. The van der Waals surface area contributed by atoms with Crippen LogP contribution in [0.4, 0.5) is 10.2 Å². The molecule has 3 aromatic rings. The number of benzene rings is 1. The van der Waals surface area contributed by atoms with Crippen LogP contribution in [-0.2, 0) is 0 Å². The lowest BCUT2D eigenvalue weighted by Gasteiger charge is -2.34. The van der Waals surface area contributed by atoms with Crippen LogP contribution >= 0.6 is 0 Å². The van der Waals surface area contributed by atoms with E-state index < -0.39 is 0 Å². The van der Waals surface area contributed by atoms with E-state index >= 15 is 4.39 Å². The van der Waals surface area contributed by atoms with Crippen LogP contribution in [0, 0.1) is 23.6 Å². The van der Waals surface area contributed by atoms with Crippen molar-refractivity contribution in [2.24, 2.45) is 17.8 Å². The van der Waals surface area contributed by atoms with Gasteiger partial charge in [-0.25, -0.2) is 4.39 Å². The minimum atomic E-state index is -0.358. The molecule has 3 aliphatic heterocycles. The van der Waals surface area contributed by atoms with Crippen molar-refractivity contribution in [3.8, 4) is 17.3 Å². The van der Waals surface area contributed by atoms with E-state index in [0.29, 0.717) is 52.9 Å². The number of nitrogens with zero attached hydrogens (tertiary/aromatic N) is 5. The molecule has 5 aliphatic rings. The summed E-state index contributed by atoms with van der Waals surface area (Å²) in [5, 5.41) is 0.698. The summed E-state index contributed by atoms with van der Waals surface area (Å²) >= 11 is 0. The largest absolute Gasteiger partial charge is 0.461 e. The quantitative estimate of drug-likeness (QED) is 0.381. The second-order valence-corrected chi connectivity index (χ2v) is 13.1. The van der Waals surface area contributed by atoms with Crippen molar-refractivity contribution >= 4 is 16.7 Å². The fraction of sp³-hybridized carbons (Fsp3) is 0.594. The first-order valence-electron chi connectivity index (χ1n) is 15.2. The number of pyridine rings is 1. The molecule has 1 aromatic carbocycles. The van der Waals surface area contributed by atoms with Gasteiger partial charge in [0.05, 0.1) is 10.9 Å². The Bertz CT molecular complexity index is 1410. The molecule has 2 aliphatic carbocycles. The average molecular weight is 528 g/mol. The van der Waals surface area contributed by atoms with Crippen LogP contribution in [0.5, 0.6) is 6.01 Å². The number of halogens is 1. The lowest BCUT2D eigenvalue weighted by atomic mass is 9.95. The van der Waals surface area contributed by atoms with Crippen LogP contribution in [0.2, 0.25) is 0 Å². The fourth-order valence-electron chi connectivity index (χ4n) is 8.35. The SMILES string of the molecule is C[C@@H]1C[C@@H]1c1ccccc1-c1ncc2c(N3CC4CCC(C4)C3)nc(OCC34CCCN3CCC4)nc2c1F. The van der Waals surface area contributed by atoms with Crippen molar-refractivity contribution in [2.45, 2.75) is 69.7 Å². The predicted octanol–water partition coefficient (Wildman–Crippen LogP) is 6.20. The number of piperidine rings is 1. The number of aromatic nitrogens is 3. The molecule has 5 fully saturated rings. The zero-order chi connectivity index (χ0) is 26.1. The molecule has 0 N–H and O–H groups in total. The van der Waals surface area contributed by atoms with Crippen LogP contribution in [-0.4, -0.2) is 58.2 Å². The van der Waals surface area contributed by atoms with Crippen LogP contribution in [0.3, 0.4) is 0 Å². The summed E-state index contributed by atoms with van der Waals surface area (Å²) in [5.41, 5.74) is 2.89. The standard InChI is InChI=1S/C32H38FN5O/c1-20-14-25(20)23-6-2-3-7-24(23)28-27(33)29-26(16-34-28)30(37-17-21-8-9-22(15-21)18-37)36-31(35-29)39-19-32-10-4-12-38(32)13-5-11-32/h2-3,6-7,16,20-22,25H,4-5,8-15,17-19H2,1H3/t20-,21?,22?,25+/m1/s1. The summed E-state index contributed by atoms with van der Waals surface area (Å²) in [6.45, 7) is 7.05. The maximum Gasteiger partial charge on any atom is 0.319 e. The second-order valence-electron chi connectivity index (χ2n) is 13.1. The molecule has 3 saturated heterocycles. The normalized spacial score (nSPS) is 29.2. The highest BCUT2D eigenvalue weighted by atomic mass is 19.1. The third-order valence-electron chi connectivity index (χ3n) is 10.6. The Kier molecular flexibility index (Phi) is 5.62. The van der Waals surface area contributed by atoms with E-state index in [4.69, 9.17) is 19.7 Å². The molecule has 5 heterocycles. The van der Waals surface area contributed by atoms with Gasteiger partial charge in [-0.1, -0.05) is 31.2 Å². The number of hydrogen-bond donors (Lipinski definition) is 0.